The molecule has 1 aromatic heterocycles. The molecular weight excluding hydrogens is 336 g/mol. The maximum Gasteiger partial charge on any atom is 0.263 e. The fraction of sp³-hybridized carbons (Fsp3) is 0.474. The van der Waals surface area contributed by atoms with Crippen LogP contribution in [0.3, 0.4) is 0 Å². The van der Waals surface area contributed by atoms with Crippen LogP contribution in [-0.2, 0) is 10.2 Å². The third-order valence-corrected chi connectivity index (χ3v) is 5.92. The van der Waals surface area contributed by atoms with Crippen molar-refractivity contribution in [2.24, 2.45) is 0 Å². The zero-order valence-electron chi connectivity index (χ0n) is 14.9. The Morgan fingerprint density at radius 3 is 2.52 bits per heavy atom. The molecular formula is C19H24N2O3S. The van der Waals surface area contributed by atoms with Crippen molar-refractivity contribution in [3.63, 3.8) is 0 Å². The molecule has 0 bridgehead atoms. The highest BCUT2D eigenvalue weighted by Gasteiger charge is 2.35. The van der Waals surface area contributed by atoms with Gasteiger partial charge in [0.1, 0.15) is 10.6 Å². The van der Waals surface area contributed by atoms with Crippen molar-refractivity contribution in [3.8, 4) is 5.75 Å². The molecule has 1 N–H and O–H groups in total. The number of ether oxygens (including phenoxy) is 2. The number of rotatable bonds is 5. The second-order valence-corrected chi connectivity index (χ2v) is 7.65. The molecule has 2 heterocycles. The Hall–Kier alpha value is -1.92. The number of nitrogens with one attached hydrogen (secondary N) is 1. The average molecular weight is 360 g/mol. The second kappa shape index (κ2) is 7.54. The zero-order chi connectivity index (χ0) is 17.9. The summed E-state index contributed by atoms with van der Waals surface area (Å²) in [6.45, 7) is 5.82. The van der Waals surface area contributed by atoms with Crippen molar-refractivity contribution in [2.45, 2.75) is 32.1 Å². The summed E-state index contributed by atoms with van der Waals surface area (Å²) < 4.78 is 10.8. The average Bonchev–Trinajstić information content (AvgIpc) is 2.99. The molecule has 1 aliphatic rings. The molecule has 5 nitrogen and oxygen atoms in total. The minimum absolute atomic E-state index is 0.0394. The normalized spacial score (nSPS) is 16.4. The number of aromatic nitrogens is 1. The molecule has 1 aliphatic heterocycles. The number of carbonyl (C=O) groups excluding carboxylic acids is 1. The lowest BCUT2D eigenvalue weighted by atomic mass is 9.74. The molecule has 0 unspecified atom stereocenters. The van der Waals surface area contributed by atoms with Crippen LogP contribution in [0.15, 0.2) is 24.3 Å². The summed E-state index contributed by atoms with van der Waals surface area (Å²) in [6, 6.07) is 8.15. The molecule has 134 valence electrons. The molecule has 1 fully saturated rings. The first kappa shape index (κ1) is 17.9. The molecule has 3 rings (SSSR count). The molecule has 0 radical (unpaired) electrons. The smallest absolute Gasteiger partial charge is 0.263 e. The Morgan fingerprint density at radius 1 is 1.28 bits per heavy atom. The van der Waals surface area contributed by atoms with Gasteiger partial charge < -0.3 is 14.8 Å². The van der Waals surface area contributed by atoms with Gasteiger partial charge in [-0.3, -0.25) is 4.79 Å². The third kappa shape index (κ3) is 3.85. The van der Waals surface area contributed by atoms with Gasteiger partial charge >= 0.3 is 0 Å². The summed E-state index contributed by atoms with van der Waals surface area (Å²) in [4.78, 5) is 17.7. The highest BCUT2D eigenvalue weighted by atomic mass is 32.1. The quantitative estimate of drug-likeness (QED) is 0.889. The Morgan fingerprint density at radius 2 is 1.96 bits per heavy atom. The van der Waals surface area contributed by atoms with E-state index in [9.17, 15) is 4.79 Å². The highest BCUT2D eigenvalue weighted by Crippen LogP contribution is 2.35. The summed E-state index contributed by atoms with van der Waals surface area (Å²) in [6.07, 6.45) is 1.78. The molecule has 25 heavy (non-hydrogen) atoms. The molecule has 0 aliphatic carbocycles. The Kier molecular flexibility index (Phi) is 5.39. The van der Waals surface area contributed by atoms with E-state index in [0.29, 0.717) is 24.6 Å². The fourth-order valence-corrected chi connectivity index (χ4v) is 4.18. The summed E-state index contributed by atoms with van der Waals surface area (Å²) in [7, 11) is 1.67. The maximum absolute atomic E-state index is 12.6. The van der Waals surface area contributed by atoms with E-state index in [2.05, 4.69) is 22.4 Å². The van der Waals surface area contributed by atoms with Crippen LogP contribution in [0.5, 0.6) is 5.75 Å². The SMILES string of the molecule is COc1ccc(C2(CNC(=O)c3sc(C)nc3C)CCOCC2)cc1. The summed E-state index contributed by atoms with van der Waals surface area (Å²) >= 11 is 1.44. The Bertz CT molecular complexity index is 734. The predicted molar refractivity (Wildman–Crippen MR) is 98.6 cm³/mol. The fourth-order valence-electron chi connectivity index (χ4n) is 3.35. The van der Waals surface area contributed by atoms with E-state index in [4.69, 9.17) is 9.47 Å². The lowest BCUT2D eigenvalue weighted by Gasteiger charge is -2.38. The number of nitrogens with zero attached hydrogens (tertiary/aromatic N) is 1. The van der Waals surface area contributed by atoms with Gasteiger partial charge in [-0.1, -0.05) is 12.1 Å². The number of carbonyl (C=O) groups is 1. The van der Waals surface area contributed by atoms with Crippen molar-refractivity contribution in [3.05, 3.63) is 45.4 Å². The molecule has 0 saturated carbocycles. The summed E-state index contributed by atoms with van der Waals surface area (Å²) in [5, 5.41) is 4.05. The van der Waals surface area contributed by atoms with Gasteiger partial charge in [0, 0.05) is 25.2 Å². The summed E-state index contributed by atoms with van der Waals surface area (Å²) in [5.74, 6) is 0.799. The minimum atomic E-state index is -0.103. The Balaban J connectivity index is 1.78. The minimum Gasteiger partial charge on any atom is -0.497 e. The number of hydrogen-bond acceptors (Lipinski definition) is 5. The van der Waals surface area contributed by atoms with E-state index in [1.54, 1.807) is 7.11 Å². The van der Waals surface area contributed by atoms with Gasteiger partial charge in [0.15, 0.2) is 0 Å². The number of benzene rings is 1. The standard InChI is InChI=1S/C19H24N2O3S/c1-13-17(25-14(2)21-13)18(22)20-12-19(8-10-24-11-9-19)15-4-6-16(23-3)7-5-15/h4-7H,8-12H2,1-3H3,(H,20,22). The molecule has 1 saturated heterocycles. The van der Waals surface area contributed by atoms with Gasteiger partial charge in [0.25, 0.3) is 5.91 Å². The van der Waals surface area contributed by atoms with E-state index in [-0.39, 0.29) is 11.3 Å². The lowest BCUT2D eigenvalue weighted by Crippen LogP contribution is -2.44. The van der Waals surface area contributed by atoms with E-state index < -0.39 is 0 Å². The first-order valence-electron chi connectivity index (χ1n) is 8.48. The second-order valence-electron chi connectivity index (χ2n) is 6.45. The van der Waals surface area contributed by atoms with Crippen LogP contribution in [-0.4, -0.2) is 37.8 Å². The van der Waals surface area contributed by atoms with E-state index >= 15 is 0 Å². The molecule has 1 aromatic carbocycles. The first-order valence-corrected chi connectivity index (χ1v) is 9.30. The van der Waals surface area contributed by atoms with Crippen molar-refractivity contribution >= 4 is 17.2 Å². The molecule has 6 heteroatoms. The highest BCUT2D eigenvalue weighted by molar-refractivity contribution is 7.13. The van der Waals surface area contributed by atoms with E-state index in [1.165, 1.54) is 16.9 Å². The van der Waals surface area contributed by atoms with Crippen LogP contribution >= 0.6 is 11.3 Å². The number of thiazole rings is 1. The van der Waals surface area contributed by atoms with Crippen LogP contribution in [0.1, 0.15) is 38.8 Å². The van der Waals surface area contributed by atoms with E-state index in [0.717, 1.165) is 29.3 Å². The first-order chi connectivity index (χ1) is 12.0. The largest absolute Gasteiger partial charge is 0.497 e. The zero-order valence-corrected chi connectivity index (χ0v) is 15.7. The van der Waals surface area contributed by atoms with E-state index in [1.807, 2.05) is 26.0 Å². The van der Waals surface area contributed by atoms with Crippen molar-refractivity contribution in [1.82, 2.24) is 10.3 Å². The topological polar surface area (TPSA) is 60.5 Å². The molecule has 0 spiro atoms. The Labute approximate surface area is 152 Å². The molecule has 0 atom stereocenters. The van der Waals surface area contributed by atoms with Gasteiger partial charge in [-0.15, -0.1) is 11.3 Å². The monoisotopic (exact) mass is 360 g/mol. The van der Waals surface area contributed by atoms with Gasteiger partial charge in [-0.25, -0.2) is 4.98 Å². The van der Waals surface area contributed by atoms with Gasteiger partial charge in [0.05, 0.1) is 17.8 Å². The van der Waals surface area contributed by atoms with Gasteiger partial charge in [-0.2, -0.15) is 0 Å². The van der Waals surface area contributed by atoms with Crippen molar-refractivity contribution < 1.29 is 14.3 Å². The van der Waals surface area contributed by atoms with Crippen molar-refractivity contribution in [2.75, 3.05) is 26.9 Å². The number of amides is 1. The number of aryl methyl sites for hydroxylation is 2. The number of methoxy groups -OCH3 is 1. The summed E-state index contributed by atoms with van der Waals surface area (Å²) in [5.41, 5.74) is 1.91. The van der Waals surface area contributed by atoms with Crippen LogP contribution in [0, 0.1) is 13.8 Å². The maximum atomic E-state index is 12.6. The van der Waals surface area contributed by atoms with Gasteiger partial charge in [0.2, 0.25) is 0 Å². The lowest BCUT2D eigenvalue weighted by molar-refractivity contribution is 0.0487. The van der Waals surface area contributed by atoms with Crippen LogP contribution in [0.25, 0.3) is 0 Å². The van der Waals surface area contributed by atoms with Crippen LogP contribution < -0.4 is 10.1 Å². The van der Waals surface area contributed by atoms with Gasteiger partial charge in [-0.05, 0) is 44.4 Å². The molecule has 2 aromatic rings. The number of hydrogen-bond donors (Lipinski definition) is 1. The van der Waals surface area contributed by atoms with Crippen LogP contribution in [0.4, 0.5) is 0 Å². The predicted octanol–water partition coefficient (Wildman–Crippen LogP) is 3.25. The molecule has 1 amide bonds. The third-order valence-electron chi connectivity index (χ3n) is 4.85. The van der Waals surface area contributed by atoms with Crippen molar-refractivity contribution in [1.29, 1.82) is 0 Å². The van der Waals surface area contributed by atoms with Crippen LogP contribution in [0.2, 0.25) is 0 Å².